The van der Waals surface area contributed by atoms with E-state index in [0.29, 0.717) is 24.0 Å². The fraction of sp³-hybridized carbons (Fsp3) is 0.500. The van der Waals surface area contributed by atoms with Crippen LogP contribution >= 0.6 is 24.0 Å². The number of carbonyl (C=O) groups excluding carboxylic acids is 1. The van der Waals surface area contributed by atoms with Crippen LogP contribution in [0.15, 0.2) is 18.2 Å². The molecule has 6 heteroatoms. The van der Waals surface area contributed by atoms with Crippen molar-refractivity contribution in [3.63, 3.8) is 0 Å². The molecule has 1 fully saturated rings. The number of hydrogen-bond acceptors (Lipinski definition) is 3. The van der Waals surface area contributed by atoms with Crippen molar-refractivity contribution >= 4 is 35.6 Å². The molecule has 0 aliphatic carbocycles. The van der Waals surface area contributed by atoms with E-state index >= 15 is 0 Å². The Kier molecular flexibility index (Phi) is 6.76. The van der Waals surface area contributed by atoms with Gasteiger partial charge < -0.3 is 11.1 Å². The number of benzene rings is 1. The van der Waals surface area contributed by atoms with E-state index in [-0.39, 0.29) is 18.3 Å². The second-order valence-electron chi connectivity index (χ2n) is 5.13. The summed E-state index contributed by atoms with van der Waals surface area (Å²) in [7, 11) is 0. The first-order valence-electron chi connectivity index (χ1n) is 6.57. The largest absolute Gasteiger partial charge is 0.330 e. The van der Waals surface area contributed by atoms with Crippen molar-refractivity contribution in [2.45, 2.75) is 13.3 Å². The Hall–Kier alpha value is -0.810. The maximum atomic E-state index is 12.0. The molecule has 3 N–H and O–H groups in total. The monoisotopic (exact) mass is 317 g/mol. The van der Waals surface area contributed by atoms with Crippen LogP contribution in [0.4, 0.5) is 5.69 Å². The SMILES string of the molecule is Cc1cc(Cl)ccc1NC(=O)CN1CCC(CN)C1.Cl. The van der Waals surface area contributed by atoms with Crippen LogP contribution in [0.5, 0.6) is 0 Å². The Morgan fingerprint density at radius 3 is 2.90 bits per heavy atom. The van der Waals surface area contributed by atoms with Gasteiger partial charge in [-0.05, 0) is 56.1 Å². The lowest BCUT2D eigenvalue weighted by Crippen LogP contribution is -2.32. The van der Waals surface area contributed by atoms with E-state index in [0.717, 1.165) is 30.8 Å². The number of aryl methyl sites for hydroxylation is 1. The lowest BCUT2D eigenvalue weighted by molar-refractivity contribution is -0.117. The molecule has 1 amide bonds. The zero-order chi connectivity index (χ0) is 13.8. The van der Waals surface area contributed by atoms with E-state index in [1.165, 1.54) is 0 Å². The third-order valence-electron chi connectivity index (χ3n) is 3.53. The molecule has 0 spiro atoms. The smallest absolute Gasteiger partial charge is 0.238 e. The zero-order valence-corrected chi connectivity index (χ0v) is 13.1. The van der Waals surface area contributed by atoms with Gasteiger partial charge in [0.1, 0.15) is 0 Å². The number of amides is 1. The number of anilines is 1. The van der Waals surface area contributed by atoms with Gasteiger partial charge in [-0.2, -0.15) is 0 Å². The summed E-state index contributed by atoms with van der Waals surface area (Å²) in [5.74, 6) is 0.549. The van der Waals surface area contributed by atoms with E-state index < -0.39 is 0 Å². The molecule has 1 aliphatic rings. The Morgan fingerprint density at radius 2 is 2.30 bits per heavy atom. The first-order valence-corrected chi connectivity index (χ1v) is 6.94. The van der Waals surface area contributed by atoms with Crippen LogP contribution < -0.4 is 11.1 Å². The van der Waals surface area contributed by atoms with Gasteiger partial charge in [0, 0.05) is 17.3 Å². The quantitative estimate of drug-likeness (QED) is 0.895. The summed E-state index contributed by atoms with van der Waals surface area (Å²) in [5, 5.41) is 3.61. The minimum absolute atomic E-state index is 0. The van der Waals surface area contributed by atoms with Crippen molar-refractivity contribution in [1.82, 2.24) is 4.90 Å². The van der Waals surface area contributed by atoms with Crippen LogP contribution in [-0.4, -0.2) is 37.0 Å². The highest BCUT2D eigenvalue weighted by Crippen LogP contribution is 2.20. The molecule has 1 aliphatic heterocycles. The standard InChI is InChI=1S/C14H20ClN3O.ClH/c1-10-6-12(15)2-3-13(10)17-14(19)9-18-5-4-11(7-16)8-18;/h2-3,6,11H,4-5,7-9,16H2,1H3,(H,17,19);1H. The predicted octanol–water partition coefficient (Wildman–Crippen LogP) is 2.29. The van der Waals surface area contributed by atoms with Gasteiger partial charge in [-0.1, -0.05) is 11.6 Å². The highest BCUT2D eigenvalue weighted by molar-refractivity contribution is 6.30. The Labute approximate surface area is 131 Å². The molecule has 112 valence electrons. The maximum absolute atomic E-state index is 12.0. The van der Waals surface area contributed by atoms with E-state index in [1.807, 2.05) is 19.1 Å². The molecule has 4 nitrogen and oxygen atoms in total. The lowest BCUT2D eigenvalue weighted by Gasteiger charge is -2.16. The second kappa shape index (κ2) is 7.84. The molecule has 0 aromatic heterocycles. The molecule has 1 aromatic rings. The number of nitrogens with zero attached hydrogens (tertiary/aromatic N) is 1. The van der Waals surface area contributed by atoms with Gasteiger partial charge in [0.15, 0.2) is 0 Å². The average Bonchev–Trinajstić information content (AvgIpc) is 2.80. The molecule has 0 radical (unpaired) electrons. The maximum Gasteiger partial charge on any atom is 0.238 e. The van der Waals surface area contributed by atoms with E-state index in [1.54, 1.807) is 6.07 Å². The Balaban J connectivity index is 0.00000200. The van der Waals surface area contributed by atoms with Crippen LogP contribution in [0, 0.1) is 12.8 Å². The molecule has 20 heavy (non-hydrogen) atoms. The molecule has 1 aromatic carbocycles. The molecule has 1 heterocycles. The fourth-order valence-electron chi connectivity index (χ4n) is 2.41. The second-order valence-corrected chi connectivity index (χ2v) is 5.57. The minimum Gasteiger partial charge on any atom is -0.330 e. The lowest BCUT2D eigenvalue weighted by atomic mass is 10.1. The van der Waals surface area contributed by atoms with Crippen LogP contribution in [0.2, 0.25) is 5.02 Å². The van der Waals surface area contributed by atoms with Gasteiger partial charge in [-0.25, -0.2) is 0 Å². The molecular formula is C14H21Cl2N3O. The van der Waals surface area contributed by atoms with Crippen molar-refractivity contribution in [3.8, 4) is 0 Å². The third-order valence-corrected chi connectivity index (χ3v) is 3.77. The van der Waals surface area contributed by atoms with Gasteiger partial charge in [-0.3, -0.25) is 9.69 Å². The van der Waals surface area contributed by atoms with Crippen molar-refractivity contribution in [2.24, 2.45) is 11.7 Å². The molecule has 2 rings (SSSR count). The average molecular weight is 318 g/mol. The molecule has 0 bridgehead atoms. The summed E-state index contributed by atoms with van der Waals surface area (Å²) in [4.78, 5) is 14.1. The van der Waals surface area contributed by atoms with Gasteiger partial charge in [0.2, 0.25) is 5.91 Å². The Morgan fingerprint density at radius 1 is 1.55 bits per heavy atom. The number of carbonyl (C=O) groups is 1. The topological polar surface area (TPSA) is 58.4 Å². The summed E-state index contributed by atoms with van der Waals surface area (Å²) < 4.78 is 0. The summed E-state index contributed by atoms with van der Waals surface area (Å²) in [5.41, 5.74) is 7.44. The van der Waals surface area contributed by atoms with Gasteiger partial charge in [-0.15, -0.1) is 12.4 Å². The van der Waals surface area contributed by atoms with Crippen LogP contribution in [-0.2, 0) is 4.79 Å². The number of rotatable bonds is 4. The highest BCUT2D eigenvalue weighted by Gasteiger charge is 2.22. The molecule has 1 atom stereocenters. The Bertz CT molecular complexity index is 468. The molecule has 1 unspecified atom stereocenters. The molecular weight excluding hydrogens is 297 g/mol. The third kappa shape index (κ3) is 4.63. The number of nitrogens with one attached hydrogen (secondary N) is 1. The number of nitrogens with two attached hydrogens (primary N) is 1. The molecule has 1 saturated heterocycles. The highest BCUT2D eigenvalue weighted by atomic mass is 35.5. The van der Waals surface area contributed by atoms with E-state index in [9.17, 15) is 4.79 Å². The number of halogens is 2. The van der Waals surface area contributed by atoms with Crippen molar-refractivity contribution in [3.05, 3.63) is 28.8 Å². The van der Waals surface area contributed by atoms with Gasteiger partial charge in [0.25, 0.3) is 0 Å². The number of hydrogen-bond donors (Lipinski definition) is 2. The predicted molar refractivity (Wildman–Crippen MR) is 85.7 cm³/mol. The van der Waals surface area contributed by atoms with E-state index in [4.69, 9.17) is 17.3 Å². The molecule has 0 saturated carbocycles. The van der Waals surface area contributed by atoms with Gasteiger partial charge in [0.05, 0.1) is 6.54 Å². The fourth-order valence-corrected chi connectivity index (χ4v) is 2.64. The van der Waals surface area contributed by atoms with Crippen molar-refractivity contribution in [2.75, 3.05) is 31.5 Å². The zero-order valence-electron chi connectivity index (χ0n) is 11.6. The van der Waals surface area contributed by atoms with Gasteiger partial charge >= 0.3 is 0 Å². The van der Waals surface area contributed by atoms with Crippen LogP contribution in [0.3, 0.4) is 0 Å². The van der Waals surface area contributed by atoms with Crippen LogP contribution in [0.1, 0.15) is 12.0 Å². The minimum atomic E-state index is 0. The summed E-state index contributed by atoms with van der Waals surface area (Å²) in [6, 6.07) is 5.46. The van der Waals surface area contributed by atoms with Crippen molar-refractivity contribution in [1.29, 1.82) is 0 Å². The van der Waals surface area contributed by atoms with Crippen LogP contribution in [0.25, 0.3) is 0 Å². The summed E-state index contributed by atoms with van der Waals surface area (Å²) >= 11 is 5.89. The first kappa shape index (κ1) is 17.2. The van der Waals surface area contributed by atoms with Crippen molar-refractivity contribution < 1.29 is 4.79 Å². The normalized spacial score (nSPS) is 18.6. The van der Waals surface area contributed by atoms with E-state index in [2.05, 4.69) is 10.2 Å². The number of likely N-dealkylation sites (tertiary alicyclic amines) is 1. The summed E-state index contributed by atoms with van der Waals surface area (Å²) in [6.07, 6.45) is 1.09. The summed E-state index contributed by atoms with van der Waals surface area (Å²) in [6.45, 7) is 4.94. The first-order chi connectivity index (χ1) is 9.08.